The van der Waals surface area contributed by atoms with E-state index in [0.29, 0.717) is 18.9 Å². The van der Waals surface area contributed by atoms with Crippen LogP contribution in [0.4, 0.5) is 5.82 Å². The Morgan fingerprint density at radius 3 is 2.94 bits per heavy atom. The fraction of sp³-hybridized carbons (Fsp3) is 0.545. The van der Waals surface area contributed by atoms with Gasteiger partial charge in [0, 0.05) is 13.2 Å². The lowest BCUT2D eigenvalue weighted by Gasteiger charge is -2.15. The standard InChI is InChI=1S/C11H17N3O3/c1-2-8(4-6-15)7-12-10-9(11(16)17)3-5-13-14-10/h3,5,8,15H,2,4,6-7H2,1H3,(H,12,14)(H,16,17). The minimum atomic E-state index is -1.03. The highest BCUT2D eigenvalue weighted by Gasteiger charge is 2.12. The molecule has 1 unspecified atom stereocenters. The summed E-state index contributed by atoms with van der Waals surface area (Å²) < 4.78 is 0. The van der Waals surface area contributed by atoms with E-state index in [1.807, 2.05) is 6.92 Å². The van der Waals surface area contributed by atoms with Crippen LogP contribution in [-0.2, 0) is 0 Å². The van der Waals surface area contributed by atoms with E-state index in [1.165, 1.54) is 12.3 Å². The molecular weight excluding hydrogens is 222 g/mol. The van der Waals surface area contributed by atoms with Gasteiger partial charge in [-0.15, -0.1) is 5.10 Å². The van der Waals surface area contributed by atoms with Gasteiger partial charge in [0.25, 0.3) is 0 Å². The number of carbonyl (C=O) groups is 1. The summed E-state index contributed by atoms with van der Waals surface area (Å²) in [6.45, 7) is 2.74. The van der Waals surface area contributed by atoms with Gasteiger partial charge >= 0.3 is 5.97 Å². The molecule has 6 heteroatoms. The van der Waals surface area contributed by atoms with Gasteiger partial charge in [-0.3, -0.25) is 0 Å². The highest BCUT2D eigenvalue weighted by molar-refractivity contribution is 5.92. The van der Waals surface area contributed by atoms with Crippen molar-refractivity contribution >= 4 is 11.8 Å². The number of carboxylic acids is 1. The van der Waals surface area contributed by atoms with Gasteiger partial charge in [0.05, 0.1) is 6.20 Å². The maximum atomic E-state index is 10.9. The molecule has 1 aromatic heterocycles. The number of anilines is 1. The summed E-state index contributed by atoms with van der Waals surface area (Å²) in [6.07, 6.45) is 2.95. The van der Waals surface area contributed by atoms with Gasteiger partial charge in [-0.2, -0.15) is 5.10 Å². The van der Waals surface area contributed by atoms with Gasteiger partial charge in [0.2, 0.25) is 0 Å². The van der Waals surface area contributed by atoms with Crippen LogP contribution in [-0.4, -0.2) is 39.5 Å². The van der Waals surface area contributed by atoms with Crippen molar-refractivity contribution < 1.29 is 15.0 Å². The van der Waals surface area contributed by atoms with Gasteiger partial charge in [0.1, 0.15) is 5.56 Å². The number of carboxylic acid groups (broad SMARTS) is 1. The average molecular weight is 239 g/mol. The van der Waals surface area contributed by atoms with Crippen LogP contribution in [0.15, 0.2) is 12.3 Å². The highest BCUT2D eigenvalue weighted by atomic mass is 16.4. The van der Waals surface area contributed by atoms with Crippen molar-refractivity contribution in [3.05, 3.63) is 17.8 Å². The molecule has 0 saturated carbocycles. The zero-order valence-corrected chi connectivity index (χ0v) is 9.76. The summed E-state index contributed by atoms with van der Waals surface area (Å²) in [5.41, 5.74) is 0.110. The average Bonchev–Trinajstić information content (AvgIpc) is 2.34. The maximum Gasteiger partial charge on any atom is 0.339 e. The second-order valence-electron chi connectivity index (χ2n) is 3.77. The summed E-state index contributed by atoms with van der Waals surface area (Å²) in [5.74, 6) is -0.461. The Labute approximate surface area is 99.7 Å². The van der Waals surface area contributed by atoms with Crippen LogP contribution in [0.25, 0.3) is 0 Å². The van der Waals surface area contributed by atoms with E-state index in [2.05, 4.69) is 15.5 Å². The van der Waals surface area contributed by atoms with Gasteiger partial charge in [-0.05, 0) is 18.4 Å². The zero-order chi connectivity index (χ0) is 12.7. The molecule has 0 spiro atoms. The first kappa shape index (κ1) is 13.4. The number of aromatic nitrogens is 2. The van der Waals surface area contributed by atoms with Crippen LogP contribution < -0.4 is 5.32 Å². The lowest BCUT2D eigenvalue weighted by Crippen LogP contribution is -2.18. The Morgan fingerprint density at radius 1 is 1.59 bits per heavy atom. The molecule has 0 saturated heterocycles. The van der Waals surface area contributed by atoms with Gasteiger partial charge in [0.15, 0.2) is 5.82 Å². The topological polar surface area (TPSA) is 95.3 Å². The Kier molecular flexibility index (Phi) is 5.35. The SMILES string of the molecule is CCC(CCO)CNc1nnccc1C(=O)O. The third-order valence-electron chi connectivity index (χ3n) is 2.62. The van der Waals surface area contributed by atoms with Crippen LogP contribution in [0.5, 0.6) is 0 Å². The molecule has 0 bridgehead atoms. The summed E-state index contributed by atoms with van der Waals surface area (Å²) >= 11 is 0. The van der Waals surface area contributed by atoms with Crippen molar-refractivity contribution in [2.24, 2.45) is 5.92 Å². The van der Waals surface area contributed by atoms with E-state index in [1.54, 1.807) is 0 Å². The lowest BCUT2D eigenvalue weighted by atomic mass is 10.0. The maximum absolute atomic E-state index is 10.9. The smallest absolute Gasteiger partial charge is 0.339 e. The number of nitrogens with one attached hydrogen (secondary N) is 1. The largest absolute Gasteiger partial charge is 0.478 e. The van der Waals surface area contributed by atoms with Crippen molar-refractivity contribution in [1.29, 1.82) is 0 Å². The number of rotatable bonds is 7. The molecule has 6 nitrogen and oxygen atoms in total. The van der Waals surface area contributed by atoms with Crippen LogP contribution in [0.3, 0.4) is 0 Å². The van der Waals surface area contributed by atoms with Gasteiger partial charge in [-0.25, -0.2) is 4.79 Å². The monoisotopic (exact) mass is 239 g/mol. The minimum Gasteiger partial charge on any atom is -0.478 e. The third-order valence-corrected chi connectivity index (χ3v) is 2.62. The van der Waals surface area contributed by atoms with Crippen LogP contribution in [0.1, 0.15) is 30.1 Å². The lowest BCUT2D eigenvalue weighted by molar-refractivity contribution is 0.0697. The fourth-order valence-corrected chi connectivity index (χ4v) is 1.51. The molecule has 0 aliphatic heterocycles. The molecule has 1 atom stereocenters. The molecule has 1 aromatic rings. The molecule has 0 aliphatic carbocycles. The van der Waals surface area contributed by atoms with Crippen molar-refractivity contribution in [3.8, 4) is 0 Å². The number of aliphatic hydroxyl groups is 1. The number of nitrogens with zero attached hydrogens (tertiary/aromatic N) is 2. The van der Waals surface area contributed by atoms with Crippen molar-refractivity contribution in [1.82, 2.24) is 10.2 Å². The van der Waals surface area contributed by atoms with Gasteiger partial charge < -0.3 is 15.5 Å². The Bertz CT molecular complexity index is 371. The molecule has 17 heavy (non-hydrogen) atoms. The van der Waals surface area contributed by atoms with Gasteiger partial charge in [-0.1, -0.05) is 13.3 Å². The number of aromatic carboxylic acids is 1. The highest BCUT2D eigenvalue weighted by Crippen LogP contribution is 2.13. The predicted octanol–water partition coefficient (Wildman–Crippen LogP) is 0.995. The van der Waals surface area contributed by atoms with Crippen molar-refractivity contribution in [2.75, 3.05) is 18.5 Å². The van der Waals surface area contributed by atoms with E-state index in [0.717, 1.165) is 6.42 Å². The van der Waals surface area contributed by atoms with Crippen LogP contribution in [0, 0.1) is 5.92 Å². The quantitative estimate of drug-likeness (QED) is 0.657. The molecule has 94 valence electrons. The molecule has 0 amide bonds. The molecule has 0 aliphatic rings. The molecular formula is C11H17N3O3. The summed E-state index contributed by atoms with van der Waals surface area (Å²) in [6, 6.07) is 1.41. The van der Waals surface area contributed by atoms with E-state index in [-0.39, 0.29) is 18.0 Å². The van der Waals surface area contributed by atoms with E-state index in [9.17, 15) is 4.79 Å². The Hall–Kier alpha value is -1.69. The van der Waals surface area contributed by atoms with Crippen LogP contribution >= 0.6 is 0 Å². The number of hydrogen-bond donors (Lipinski definition) is 3. The molecule has 1 rings (SSSR count). The third kappa shape index (κ3) is 3.99. The summed E-state index contributed by atoms with van der Waals surface area (Å²) in [5, 5.41) is 28.2. The van der Waals surface area contributed by atoms with Crippen molar-refractivity contribution in [2.45, 2.75) is 19.8 Å². The Morgan fingerprint density at radius 2 is 2.35 bits per heavy atom. The normalized spacial score (nSPS) is 12.1. The molecule has 1 heterocycles. The molecule has 3 N–H and O–H groups in total. The minimum absolute atomic E-state index is 0.110. The van der Waals surface area contributed by atoms with E-state index < -0.39 is 5.97 Å². The fourth-order valence-electron chi connectivity index (χ4n) is 1.51. The van der Waals surface area contributed by atoms with Crippen LogP contribution in [0.2, 0.25) is 0 Å². The first-order valence-corrected chi connectivity index (χ1v) is 5.58. The second-order valence-corrected chi connectivity index (χ2v) is 3.77. The summed E-state index contributed by atoms with van der Waals surface area (Å²) in [4.78, 5) is 10.9. The van der Waals surface area contributed by atoms with E-state index >= 15 is 0 Å². The molecule has 0 radical (unpaired) electrons. The number of aliphatic hydroxyl groups excluding tert-OH is 1. The predicted molar refractivity (Wildman–Crippen MR) is 63.0 cm³/mol. The molecule has 0 fully saturated rings. The van der Waals surface area contributed by atoms with E-state index in [4.69, 9.17) is 10.2 Å². The second kappa shape index (κ2) is 6.80. The van der Waals surface area contributed by atoms with Crippen molar-refractivity contribution in [3.63, 3.8) is 0 Å². The first-order chi connectivity index (χ1) is 8.19. The summed E-state index contributed by atoms with van der Waals surface area (Å²) in [7, 11) is 0. The Balaban J connectivity index is 2.65. The zero-order valence-electron chi connectivity index (χ0n) is 9.76. The number of hydrogen-bond acceptors (Lipinski definition) is 5. The first-order valence-electron chi connectivity index (χ1n) is 5.58. The molecule has 0 aromatic carbocycles.